The molecule has 0 spiro atoms. The van der Waals surface area contributed by atoms with Crippen LogP contribution in [0.25, 0.3) is 0 Å². The lowest BCUT2D eigenvalue weighted by molar-refractivity contribution is 0.282. The Labute approximate surface area is 105 Å². The van der Waals surface area contributed by atoms with Crippen molar-refractivity contribution >= 4 is 17.8 Å². The van der Waals surface area contributed by atoms with Gasteiger partial charge in [0.1, 0.15) is 5.82 Å². The average molecular weight is 242 g/mol. The lowest BCUT2D eigenvalue weighted by atomic mass is 9.56. The van der Waals surface area contributed by atoms with Crippen molar-refractivity contribution in [3.8, 4) is 0 Å². The highest BCUT2D eigenvalue weighted by molar-refractivity contribution is 6.81. The van der Waals surface area contributed by atoms with Gasteiger partial charge in [-0.25, -0.2) is 4.39 Å². The minimum atomic E-state index is -0.228. The van der Waals surface area contributed by atoms with Crippen LogP contribution in [0.4, 0.5) is 4.39 Å². The van der Waals surface area contributed by atoms with Crippen molar-refractivity contribution in [3.05, 3.63) is 59.4 Å². The summed E-state index contributed by atoms with van der Waals surface area (Å²) in [5.74, 6) is -0.228. The van der Waals surface area contributed by atoms with Crippen molar-refractivity contribution in [1.29, 1.82) is 0 Å². The molecule has 0 fully saturated rings. The molecule has 3 rings (SSSR count). The molecule has 0 radical (unpaired) electrons. The Morgan fingerprint density at radius 1 is 1.17 bits per heavy atom. The van der Waals surface area contributed by atoms with Gasteiger partial charge < -0.3 is 9.76 Å². The van der Waals surface area contributed by atoms with E-state index >= 15 is 0 Å². The third-order valence-corrected chi connectivity index (χ3v) is 3.26. The summed E-state index contributed by atoms with van der Waals surface area (Å²) in [6.07, 6.45) is 0. The number of fused-ring (bicyclic) bond motifs is 1. The number of hydrogen-bond donors (Lipinski definition) is 1. The van der Waals surface area contributed by atoms with Gasteiger partial charge in [0.25, 0.3) is 0 Å². The van der Waals surface area contributed by atoms with Gasteiger partial charge in [0.05, 0.1) is 13.2 Å². The van der Waals surface area contributed by atoms with Gasteiger partial charge in [0, 0.05) is 0 Å². The van der Waals surface area contributed by atoms with E-state index in [0.717, 1.165) is 22.1 Å². The third-order valence-electron chi connectivity index (χ3n) is 3.26. The van der Waals surface area contributed by atoms with E-state index in [1.165, 1.54) is 12.1 Å². The highest BCUT2D eigenvalue weighted by Gasteiger charge is 2.29. The van der Waals surface area contributed by atoms with Crippen LogP contribution in [-0.2, 0) is 17.9 Å². The van der Waals surface area contributed by atoms with Crippen molar-refractivity contribution in [3.63, 3.8) is 0 Å². The molecule has 18 heavy (non-hydrogen) atoms. The lowest BCUT2D eigenvalue weighted by Gasteiger charge is -2.07. The molecule has 0 saturated heterocycles. The normalized spacial score (nSPS) is 13.8. The minimum absolute atomic E-state index is 0.0353. The van der Waals surface area contributed by atoms with Crippen LogP contribution in [0.1, 0.15) is 11.1 Å². The van der Waals surface area contributed by atoms with Crippen LogP contribution in [0.5, 0.6) is 0 Å². The minimum Gasteiger partial charge on any atom is -0.423 e. The molecule has 2 aromatic carbocycles. The van der Waals surface area contributed by atoms with Gasteiger partial charge in [-0.15, -0.1) is 0 Å². The molecule has 1 heterocycles. The van der Waals surface area contributed by atoms with Crippen molar-refractivity contribution in [2.45, 2.75) is 13.2 Å². The average Bonchev–Trinajstić information content (AvgIpc) is 2.81. The quantitative estimate of drug-likeness (QED) is 0.794. The van der Waals surface area contributed by atoms with Crippen LogP contribution < -0.4 is 10.9 Å². The van der Waals surface area contributed by atoms with Gasteiger partial charge in [0.2, 0.25) is 0 Å². The molecule has 4 heteroatoms. The number of hydrogen-bond acceptors (Lipinski definition) is 2. The van der Waals surface area contributed by atoms with Gasteiger partial charge in [-0.2, -0.15) is 0 Å². The summed E-state index contributed by atoms with van der Waals surface area (Å²) in [6, 6.07) is 12.4. The summed E-state index contributed by atoms with van der Waals surface area (Å²) in [4.78, 5) is 0. The van der Waals surface area contributed by atoms with E-state index in [2.05, 4.69) is 0 Å². The van der Waals surface area contributed by atoms with Gasteiger partial charge >= 0.3 is 6.92 Å². The molecule has 2 nitrogen and oxygen atoms in total. The largest absolute Gasteiger partial charge is 0.423 e. The van der Waals surface area contributed by atoms with E-state index in [4.69, 9.17) is 9.76 Å². The standard InChI is InChI=1S/C14H12BFO2/c16-13-5-6-14-11(7-13)9-18-15(14)12-3-1-10(8-17)2-4-12/h1-7,17H,8-9H2. The fraction of sp³-hybridized carbons (Fsp3) is 0.143. The topological polar surface area (TPSA) is 29.5 Å². The van der Waals surface area contributed by atoms with Crippen LogP contribution in [0.15, 0.2) is 42.5 Å². The first-order chi connectivity index (χ1) is 8.78. The molecule has 0 atom stereocenters. The number of halogens is 1. The van der Waals surface area contributed by atoms with Crippen molar-refractivity contribution in [2.24, 2.45) is 0 Å². The van der Waals surface area contributed by atoms with Crippen molar-refractivity contribution < 1.29 is 14.2 Å². The summed E-state index contributed by atoms with van der Waals surface area (Å²) < 4.78 is 18.8. The second kappa shape index (κ2) is 4.56. The maximum Gasteiger partial charge on any atom is 0.362 e. The predicted molar refractivity (Wildman–Crippen MR) is 68.6 cm³/mol. The molecule has 0 unspecified atom stereocenters. The molecular formula is C14H12BFO2. The molecule has 1 aliphatic heterocycles. The Morgan fingerprint density at radius 2 is 1.94 bits per heavy atom. The maximum absolute atomic E-state index is 13.1. The molecule has 0 amide bonds. The maximum atomic E-state index is 13.1. The van der Waals surface area contributed by atoms with Gasteiger partial charge in [0.15, 0.2) is 0 Å². The molecule has 90 valence electrons. The predicted octanol–water partition coefficient (Wildman–Crippen LogP) is 0.954. The Morgan fingerprint density at radius 3 is 2.67 bits per heavy atom. The second-order valence-corrected chi connectivity index (χ2v) is 4.43. The molecule has 0 bridgehead atoms. The first kappa shape index (κ1) is 11.4. The highest BCUT2D eigenvalue weighted by atomic mass is 19.1. The van der Waals surface area contributed by atoms with Crippen LogP contribution in [0.2, 0.25) is 0 Å². The number of rotatable bonds is 2. The van der Waals surface area contributed by atoms with Crippen LogP contribution in [-0.4, -0.2) is 12.0 Å². The zero-order chi connectivity index (χ0) is 12.5. The fourth-order valence-electron chi connectivity index (χ4n) is 2.29. The summed E-state index contributed by atoms with van der Waals surface area (Å²) in [6.45, 7) is 0.348. The lowest BCUT2D eigenvalue weighted by Crippen LogP contribution is -2.41. The van der Waals surface area contributed by atoms with E-state index in [9.17, 15) is 4.39 Å². The van der Waals surface area contributed by atoms with Crippen LogP contribution >= 0.6 is 0 Å². The summed E-state index contributed by atoms with van der Waals surface area (Å²) in [5, 5.41) is 9.01. The summed E-state index contributed by atoms with van der Waals surface area (Å²) >= 11 is 0. The van der Waals surface area contributed by atoms with Gasteiger partial charge in [-0.1, -0.05) is 30.3 Å². The zero-order valence-corrected chi connectivity index (χ0v) is 9.77. The molecule has 1 aliphatic rings. The van der Waals surface area contributed by atoms with Gasteiger partial charge in [-0.3, -0.25) is 0 Å². The number of aliphatic hydroxyl groups excluding tert-OH is 1. The van der Waals surface area contributed by atoms with E-state index in [0.29, 0.717) is 6.61 Å². The number of benzene rings is 2. The smallest absolute Gasteiger partial charge is 0.362 e. The molecular weight excluding hydrogens is 230 g/mol. The SMILES string of the molecule is OCc1ccc(B2OCc3cc(F)ccc32)cc1. The molecule has 2 aromatic rings. The van der Waals surface area contributed by atoms with Crippen molar-refractivity contribution in [2.75, 3.05) is 0 Å². The van der Waals surface area contributed by atoms with Crippen LogP contribution in [0, 0.1) is 5.82 Å². The first-order valence-corrected chi connectivity index (χ1v) is 5.87. The van der Waals surface area contributed by atoms with E-state index in [1.54, 1.807) is 6.07 Å². The summed E-state index contributed by atoms with van der Waals surface area (Å²) in [7, 11) is 0. The Hall–Kier alpha value is -1.65. The molecule has 1 N–H and O–H groups in total. The zero-order valence-electron chi connectivity index (χ0n) is 9.77. The van der Waals surface area contributed by atoms with Crippen LogP contribution in [0.3, 0.4) is 0 Å². The second-order valence-electron chi connectivity index (χ2n) is 4.43. The van der Waals surface area contributed by atoms with E-state index in [1.807, 2.05) is 24.3 Å². The monoisotopic (exact) mass is 242 g/mol. The summed E-state index contributed by atoms with van der Waals surface area (Å²) in [5.41, 5.74) is 3.83. The Kier molecular flexibility index (Phi) is 2.90. The Bertz CT molecular complexity index is 569. The third kappa shape index (κ3) is 1.94. The van der Waals surface area contributed by atoms with E-state index < -0.39 is 0 Å². The van der Waals surface area contributed by atoms with Crippen molar-refractivity contribution in [1.82, 2.24) is 0 Å². The molecule has 0 aliphatic carbocycles. The fourth-order valence-corrected chi connectivity index (χ4v) is 2.29. The number of aliphatic hydroxyl groups is 1. The first-order valence-electron chi connectivity index (χ1n) is 5.87. The molecule has 0 saturated carbocycles. The molecule has 0 aromatic heterocycles. The van der Waals surface area contributed by atoms with Gasteiger partial charge in [-0.05, 0) is 34.2 Å². The Balaban J connectivity index is 1.95. The highest BCUT2D eigenvalue weighted by Crippen LogP contribution is 2.12. The van der Waals surface area contributed by atoms with E-state index in [-0.39, 0.29) is 19.3 Å².